The Labute approximate surface area is 120 Å². The van der Waals surface area contributed by atoms with Gasteiger partial charge in [-0.25, -0.2) is 18.6 Å². The van der Waals surface area contributed by atoms with Crippen LogP contribution in [-0.2, 0) is 0 Å². The maximum atomic E-state index is 13.8. The number of aromatic carboxylic acids is 1. The molecule has 1 heterocycles. The predicted molar refractivity (Wildman–Crippen MR) is 68.5 cm³/mol. The molecule has 0 amide bonds. The number of aromatic nitrogens is 1. The summed E-state index contributed by atoms with van der Waals surface area (Å²) in [5.41, 5.74) is -0.197. The highest BCUT2D eigenvalue weighted by Gasteiger charge is 2.34. The Hall–Kier alpha value is -1.76. The van der Waals surface area contributed by atoms with E-state index in [2.05, 4.69) is 20.9 Å². The Morgan fingerprint density at radius 2 is 1.95 bits per heavy atom. The van der Waals surface area contributed by atoms with E-state index in [4.69, 9.17) is 9.52 Å². The second-order valence-electron chi connectivity index (χ2n) is 4.56. The summed E-state index contributed by atoms with van der Waals surface area (Å²) in [7, 11) is 0. The van der Waals surface area contributed by atoms with Crippen molar-refractivity contribution in [2.45, 2.75) is 18.8 Å². The summed E-state index contributed by atoms with van der Waals surface area (Å²) in [5, 5.41) is 9.06. The lowest BCUT2D eigenvalue weighted by atomic mass is 10.2. The van der Waals surface area contributed by atoms with Gasteiger partial charge in [0.2, 0.25) is 11.7 Å². The van der Waals surface area contributed by atoms with Gasteiger partial charge in [-0.15, -0.1) is 0 Å². The molecule has 1 aliphatic carbocycles. The number of rotatable bonds is 3. The van der Waals surface area contributed by atoms with Gasteiger partial charge >= 0.3 is 5.97 Å². The molecule has 0 atom stereocenters. The molecule has 0 unspecified atom stereocenters. The van der Waals surface area contributed by atoms with Crippen molar-refractivity contribution in [2.24, 2.45) is 0 Å². The fourth-order valence-electron chi connectivity index (χ4n) is 1.97. The van der Waals surface area contributed by atoms with E-state index in [1.807, 2.05) is 0 Å². The molecule has 0 aliphatic heterocycles. The number of carboxylic acid groups (broad SMARTS) is 1. The highest BCUT2D eigenvalue weighted by Crippen LogP contribution is 2.43. The molecule has 1 aromatic carbocycles. The Balaban J connectivity index is 2.16. The third-order valence-corrected chi connectivity index (χ3v) is 3.49. The van der Waals surface area contributed by atoms with Gasteiger partial charge in [0.15, 0.2) is 0 Å². The van der Waals surface area contributed by atoms with Crippen molar-refractivity contribution in [1.29, 1.82) is 0 Å². The van der Waals surface area contributed by atoms with E-state index in [1.54, 1.807) is 0 Å². The second kappa shape index (κ2) is 4.66. The zero-order chi connectivity index (χ0) is 14.4. The van der Waals surface area contributed by atoms with Crippen LogP contribution in [0.25, 0.3) is 11.5 Å². The Morgan fingerprint density at radius 1 is 1.35 bits per heavy atom. The van der Waals surface area contributed by atoms with Gasteiger partial charge in [-0.1, -0.05) is 15.9 Å². The van der Waals surface area contributed by atoms with Crippen molar-refractivity contribution in [3.63, 3.8) is 0 Å². The molecule has 1 N–H and O–H groups in total. The molecule has 3 rings (SSSR count). The first kappa shape index (κ1) is 13.2. The number of hydrogen-bond acceptors (Lipinski definition) is 3. The normalized spacial score (nSPS) is 14.6. The largest absolute Gasteiger partial charge is 0.475 e. The summed E-state index contributed by atoms with van der Waals surface area (Å²) in [4.78, 5) is 15.1. The van der Waals surface area contributed by atoms with E-state index in [0.29, 0.717) is 0 Å². The van der Waals surface area contributed by atoms with E-state index in [1.165, 1.54) is 0 Å². The van der Waals surface area contributed by atoms with E-state index in [-0.39, 0.29) is 27.7 Å². The fourth-order valence-corrected chi connectivity index (χ4v) is 2.37. The third kappa shape index (κ3) is 2.22. The molecule has 2 aromatic rings. The second-order valence-corrected chi connectivity index (χ2v) is 5.47. The molecular formula is C13H8BrF2NO3. The maximum absolute atomic E-state index is 13.8. The van der Waals surface area contributed by atoms with Gasteiger partial charge in [-0.05, 0) is 25.0 Å². The summed E-state index contributed by atoms with van der Waals surface area (Å²) >= 11 is 2.97. The molecular weight excluding hydrogens is 336 g/mol. The van der Waals surface area contributed by atoms with Crippen molar-refractivity contribution in [3.8, 4) is 11.5 Å². The number of carbonyl (C=O) groups is 1. The average Bonchev–Trinajstić information content (AvgIpc) is 3.08. The molecule has 1 saturated carbocycles. The predicted octanol–water partition coefficient (Wildman–Crippen LogP) is 3.96. The SMILES string of the molecule is O=C(O)c1oc(-c2c(F)cc(Br)cc2F)nc1C1CC1. The Morgan fingerprint density at radius 3 is 2.45 bits per heavy atom. The number of benzene rings is 1. The van der Waals surface area contributed by atoms with Crippen molar-refractivity contribution in [1.82, 2.24) is 4.98 Å². The highest BCUT2D eigenvalue weighted by molar-refractivity contribution is 9.10. The standard InChI is InChI=1S/C13H8BrF2NO3/c14-6-3-7(15)9(8(16)4-6)12-17-10(5-1-2-5)11(20-12)13(18)19/h3-5H,1-2H2,(H,18,19). The zero-order valence-electron chi connectivity index (χ0n) is 9.99. The van der Waals surface area contributed by atoms with Crippen LogP contribution in [0.5, 0.6) is 0 Å². The van der Waals surface area contributed by atoms with Crippen LogP contribution in [0.4, 0.5) is 8.78 Å². The number of nitrogens with zero attached hydrogens (tertiary/aromatic N) is 1. The first-order valence-corrected chi connectivity index (χ1v) is 6.65. The third-order valence-electron chi connectivity index (χ3n) is 3.03. The summed E-state index contributed by atoms with van der Waals surface area (Å²) in [6.45, 7) is 0. The molecule has 1 fully saturated rings. The smallest absolute Gasteiger partial charge is 0.373 e. The fraction of sp³-hybridized carbons (Fsp3) is 0.231. The molecule has 20 heavy (non-hydrogen) atoms. The van der Waals surface area contributed by atoms with Crippen LogP contribution in [0.2, 0.25) is 0 Å². The molecule has 7 heteroatoms. The molecule has 0 saturated heterocycles. The molecule has 4 nitrogen and oxygen atoms in total. The van der Waals surface area contributed by atoms with Gasteiger partial charge in [0.25, 0.3) is 0 Å². The molecule has 1 aromatic heterocycles. The van der Waals surface area contributed by atoms with Crippen molar-refractivity contribution < 1.29 is 23.1 Å². The maximum Gasteiger partial charge on any atom is 0.373 e. The van der Waals surface area contributed by atoms with Crippen LogP contribution < -0.4 is 0 Å². The Kier molecular flexibility index (Phi) is 3.08. The van der Waals surface area contributed by atoms with Crippen LogP contribution in [0.3, 0.4) is 0 Å². The lowest BCUT2D eigenvalue weighted by molar-refractivity contribution is 0.0661. The number of oxazole rings is 1. The van der Waals surface area contributed by atoms with E-state index in [9.17, 15) is 13.6 Å². The topological polar surface area (TPSA) is 63.3 Å². The average molecular weight is 344 g/mol. The highest BCUT2D eigenvalue weighted by atomic mass is 79.9. The minimum absolute atomic E-state index is 0.000158. The summed E-state index contributed by atoms with van der Waals surface area (Å²) in [6.07, 6.45) is 1.61. The summed E-state index contributed by atoms with van der Waals surface area (Å²) < 4.78 is 33.0. The van der Waals surface area contributed by atoms with E-state index >= 15 is 0 Å². The van der Waals surface area contributed by atoms with Crippen molar-refractivity contribution in [2.75, 3.05) is 0 Å². The molecule has 0 bridgehead atoms. The van der Waals surface area contributed by atoms with Crippen LogP contribution in [0.15, 0.2) is 21.0 Å². The molecule has 0 spiro atoms. The van der Waals surface area contributed by atoms with E-state index < -0.39 is 23.2 Å². The van der Waals surface area contributed by atoms with Gasteiger partial charge in [-0.3, -0.25) is 0 Å². The summed E-state index contributed by atoms with van der Waals surface area (Å²) in [5.74, 6) is -3.70. The number of halogens is 3. The summed E-state index contributed by atoms with van der Waals surface area (Å²) in [6, 6.07) is 2.14. The monoisotopic (exact) mass is 343 g/mol. The van der Waals surface area contributed by atoms with Gasteiger partial charge in [-0.2, -0.15) is 0 Å². The minimum atomic E-state index is -1.29. The van der Waals surface area contributed by atoms with Crippen molar-refractivity contribution >= 4 is 21.9 Å². The first-order valence-electron chi connectivity index (χ1n) is 5.86. The minimum Gasteiger partial charge on any atom is -0.475 e. The van der Waals surface area contributed by atoms with Gasteiger partial charge < -0.3 is 9.52 Å². The first-order chi connectivity index (χ1) is 9.47. The molecule has 0 radical (unpaired) electrons. The lowest BCUT2D eigenvalue weighted by Gasteiger charge is -2.01. The van der Waals surface area contributed by atoms with E-state index in [0.717, 1.165) is 25.0 Å². The van der Waals surface area contributed by atoms with Crippen LogP contribution >= 0.6 is 15.9 Å². The van der Waals surface area contributed by atoms with Gasteiger partial charge in [0, 0.05) is 10.4 Å². The lowest BCUT2D eigenvalue weighted by Crippen LogP contribution is -1.98. The molecule has 1 aliphatic rings. The van der Waals surface area contributed by atoms with Crippen LogP contribution in [0, 0.1) is 11.6 Å². The number of carboxylic acids is 1. The van der Waals surface area contributed by atoms with Gasteiger partial charge in [0.05, 0.1) is 5.69 Å². The number of hydrogen-bond donors (Lipinski definition) is 1. The quantitative estimate of drug-likeness (QED) is 0.916. The van der Waals surface area contributed by atoms with Crippen LogP contribution in [-0.4, -0.2) is 16.1 Å². The van der Waals surface area contributed by atoms with Crippen LogP contribution in [0.1, 0.15) is 35.0 Å². The van der Waals surface area contributed by atoms with Gasteiger partial charge in [0.1, 0.15) is 17.2 Å². The molecule has 104 valence electrons. The Bertz CT molecular complexity index is 687. The van der Waals surface area contributed by atoms with Crippen molar-refractivity contribution in [3.05, 3.63) is 39.7 Å². The zero-order valence-corrected chi connectivity index (χ0v) is 11.6.